The zero-order valence-electron chi connectivity index (χ0n) is 13.3. The summed E-state index contributed by atoms with van der Waals surface area (Å²) in [6.45, 7) is 0.0322. The molecule has 25 heavy (non-hydrogen) atoms. The maximum Gasteiger partial charge on any atom is 0.244 e. The standard InChI is InChI=1S/C17H15ClN4O2S/c1-24-14-4-2-3-13(9-14)19-15(23)10-22-16(20-21-17(22)25)11-5-7-12(18)8-6-11/h2-9H,10H2,1H3,(H,19,23)(H,21,25). The molecule has 3 rings (SSSR count). The topological polar surface area (TPSA) is 71.9 Å². The molecule has 1 aromatic heterocycles. The van der Waals surface area contributed by atoms with Crippen molar-refractivity contribution in [3.05, 3.63) is 58.3 Å². The highest BCUT2D eigenvalue weighted by Gasteiger charge is 2.13. The molecule has 8 heteroatoms. The predicted molar refractivity (Wildman–Crippen MR) is 99.5 cm³/mol. The fourth-order valence-electron chi connectivity index (χ4n) is 2.33. The first-order valence-electron chi connectivity index (χ1n) is 7.42. The fraction of sp³-hybridized carbons (Fsp3) is 0.118. The van der Waals surface area contributed by atoms with Crippen LogP contribution in [-0.4, -0.2) is 27.8 Å². The first-order valence-corrected chi connectivity index (χ1v) is 8.20. The number of amides is 1. The van der Waals surface area contributed by atoms with Crippen LogP contribution < -0.4 is 10.1 Å². The molecular weight excluding hydrogens is 360 g/mol. The van der Waals surface area contributed by atoms with Crippen LogP contribution in [-0.2, 0) is 11.3 Å². The van der Waals surface area contributed by atoms with E-state index in [4.69, 9.17) is 28.6 Å². The third kappa shape index (κ3) is 4.07. The zero-order chi connectivity index (χ0) is 17.8. The minimum Gasteiger partial charge on any atom is -0.497 e. The molecule has 1 amide bonds. The number of ether oxygens (including phenoxy) is 1. The van der Waals surface area contributed by atoms with Crippen molar-refractivity contribution in [1.29, 1.82) is 0 Å². The van der Waals surface area contributed by atoms with E-state index in [2.05, 4.69) is 15.5 Å². The summed E-state index contributed by atoms with van der Waals surface area (Å²) in [7, 11) is 1.57. The molecule has 0 bridgehead atoms. The van der Waals surface area contributed by atoms with Gasteiger partial charge in [0.15, 0.2) is 10.6 Å². The number of hydrogen-bond acceptors (Lipinski definition) is 4. The molecule has 0 saturated heterocycles. The summed E-state index contributed by atoms with van der Waals surface area (Å²) in [5, 5.41) is 10.4. The third-order valence-electron chi connectivity index (χ3n) is 3.52. The number of nitrogens with one attached hydrogen (secondary N) is 2. The van der Waals surface area contributed by atoms with E-state index in [0.717, 1.165) is 5.56 Å². The van der Waals surface area contributed by atoms with Crippen molar-refractivity contribution < 1.29 is 9.53 Å². The Kier molecular flexibility index (Phi) is 5.16. The SMILES string of the molecule is COc1cccc(NC(=O)Cn2c(-c3ccc(Cl)cc3)n[nH]c2=S)c1. The number of anilines is 1. The number of carbonyl (C=O) groups excluding carboxylic acids is 1. The monoisotopic (exact) mass is 374 g/mol. The Bertz CT molecular complexity index is 950. The highest BCUT2D eigenvalue weighted by atomic mass is 35.5. The quantitative estimate of drug-likeness (QED) is 0.664. The van der Waals surface area contributed by atoms with E-state index in [0.29, 0.717) is 27.1 Å². The molecule has 3 aromatic rings. The summed E-state index contributed by atoms with van der Waals surface area (Å²) >= 11 is 11.2. The van der Waals surface area contributed by atoms with E-state index in [1.165, 1.54) is 0 Å². The second kappa shape index (κ2) is 7.50. The molecule has 0 spiro atoms. The lowest BCUT2D eigenvalue weighted by Crippen LogP contribution is -2.19. The van der Waals surface area contributed by atoms with Crippen LogP contribution in [0, 0.1) is 4.77 Å². The molecule has 0 aliphatic heterocycles. The lowest BCUT2D eigenvalue weighted by atomic mass is 10.2. The molecule has 6 nitrogen and oxygen atoms in total. The molecule has 0 radical (unpaired) electrons. The van der Waals surface area contributed by atoms with Crippen molar-refractivity contribution in [2.24, 2.45) is 0 Å². The van der Waals surface area contributed by atoms with E-state index in [-0.39, 0.29) is 12.5 Å². The molecule has 2 aromatic carbocycles. The van der Waals surface area contributed by atoms with Crippen LogP contribution in [0.15, 0.2) is 48.5 Å². The van der Waals surface area contributed by atoms with Crippen LogP contribution in [0.2, 0.25) is 5.02 Å². The van der Waals surface area contributed by atoms with Gasteiger partial charge in [0, 0.05) is 22.3 Å². The Morgan fingerprint density at radius 3 is 2.80 bits per heavy atom. The van der Waals surface area contributed by atoms with Gasteiger partial charge >= 0.3 is 0 Å². The molecule has 1 heterocycles. The van der Waals surface area contributed by atoms with Crippen LogP contribution in [0.5, 0.6) is 5.75 Å². The summed E-state index contributed by atoms with van der Waals surface area (Å²) in [4.78, 5) is 12.4. The van der Waals surface area contributed by atoms with Gasteiger partial charge in [0.2, 0.25) is 5.91 Å². The second-order valence-electron chi connectivity index (χ2n) is 5.23. The van der Waals surface area contributed by atoms with E-state index < -0.39 is 0 Å². The highest BCUT2D eigenvalue weighted by Crippen LogP contribution is 2.20. The number of H-pyrrole nitrogens is 1. The second-order valence-corrected chi connectivity index (χ2v) is 6.05. The molecule has 0 unspecified atom stereocenters. The normalized spacial score (nSPS) is 10.5. The van der Waals surface area contributed by atoms with Crippen molar-refractivity contribution in [2.45, 2.75) is 6.54 Å². The van der Waals surface area contributed by atoms with Gasteiger partial charge in [-0.3, -0.25) is 14.5 Å². The van der Waals surface area contributed by atoms with E-state index in [1.807, 2.05) is 12.1 Å². The molecule has 0 fully saturated rings. The molecule has 0 saturated carbocycles. The number of methoxy groups -OCH3 is 1. The minimum absolute atomic E-state index is 0.0322. The van der Waals surface area contributed by atoms with Gasteiger partial charge in [-0.05, 0) is 48.6 Å². The molecular formula is C17H15ClN4O2S. The van der Waals surface area contributed by atoms with Crippen LogP contribution in [0.1, 0.15) is 0 Å². The van der Waals surface area contributed by atoms with Crippen molar-refractivity contribution in [2.75, 3.05) is 12.4 Å². The Morgan fingerprint density at radius 1 is 1.32 bits per heavy atom. The Labute approximate surface area is 154 Å². The molecule has 0 aliphatic carbocycles. The molecule has 0 aliphatic rings. The molecule has 2 N–H and O–H groups in total. The summed E-state index contributed by atoms with van der Waals surface area (Å²) in [5.41, 5.74) is 1.46. The van der Waals surface area contributed by atoms with Gasteiger partial charge < -0.3 is 10.1 Å². The molecule has 128 valence electrons. The summed E-state index contributed by atoms with van der Waals surface area (Å²) < 4.78 is 7.15. The van der Waals surface area contributed by atoms with Crippen molar-refractivity contribution in [1.82, 2.24) is 14.8 Å². The Morgan fingerprint density at radius 2 is 2.08 bits per heavy atom. The van der Waals surface area contributed by atoms with Gasteiger partial charge in [-0.2, -0.15) is 5.10 Å². The van der Waals surface area contributed by atoms with Gasteiger partial charge in [0.25, 0.3) is 0 Å². The van der Waals surface area contributed by atoms with Gasteiger partial charge in [0.1, 0.15) is 12.3 Å². The van der Waals surface area contributed by atoms with Crippen LogP contribution in [0.25, 0.3) is 11.4 Å². The lowest BCUT2D eigenvalue weighted by molar-refractivity contribution is -0.116. The van der Waals surface area contributed by atoms with E-state index in [9.17, 15) is 4.79 Å². The predicted octanol–water partition coefficient (Wildman–Crippen LogP) is 3.91. The highest BCUT2D eigenvalue weighted by molar-refractivity contribution is 7.71. The van der Waals surface area contributed by atoms with Gasteiger partial charge in [-0.15, -0.1) is 0 Å². The Balaban J connectivity index is 1.80. The lowest BCUT2D eigenvalue weighted by Gasteiger charge is -2.09. The third-order valence-corrected chi connectivity index (χ3v) is 4.08. The van der Waals surface area contributed by atoms with Gasteiger partial charge in [0.05, 0.1) is 7.11 Å². The smallest absolute Gasteiger partial charge is 0.244 e. The van der Waals surface area contributed by atoms with Crippen LogP contribution >= 0.6 is 23.8 Å². The maximum atomic E-state index is 12.4. The number of carbonyl (C=O) groups is 1. The van der Waals surface area contributed by atoms with Crippen LogP contribution in [0.4, 0.5) is 5.69 Å². The Hall–Kier alpha value is -2.64. The number of hydrogen-bond donors (Lipinski definition) is 2. The zero-order valence-corrected chi connectivity index (χ0v) is 14.9. The van der Waals surface area contributed by atoms with Crippen molar-refractivity contribution in [3.8, 4) is 17.1 Å². The first kappa shape index (κ1) is 17.2. The number of nitrogens with zero attached hydrogens (tertiary/aromatic N) is 2. The largest absolute Gasteiger partial charge is 0.497 e. The summed E-state index contributed by atoms with van der Waals surface area (Å²) in [5.74, 6) is 1.02. The molecule has 0 atom stereocenters. The number of halogens is 1. The van der Waals surface area contributed by atoms with Crippen molar-refractivity contribution >= 4 is 35.4 Å². The summed E-state index contributed by atoms with van der Waals surface area (Å²) in [6.07, 6.45) is 0. The van der Waals surface area contributed by atoms with Gasteiger partial charge in [-0.1, -0.05) is 17.7 Å². The average Bonchev–Trinajstić information content (AvgIpc) is 2.96. The van der Waals surface area contributed by atoms with E-state index >= 15 is 0 Å². The number of aromatic nitrogens is 3. The minimum atomic E-state index is -0.221. The van der Waals surface area contributed by atoms with Gasteiger partial charge in [-0.25, -0.2) is 0 Å². The van der Waals surface area contributed by atoms with Crippen LogP contribution in [0.3, 0.4) is 0 Å². The summed E-state index contributed by atoms with van der Waals surface area (Å²) in [6, 6.07) is 14.3. The average molecular weight is 375 g/mol. The first-order chi connectivity index (χ1) is 12.1. The number of rotatable bonds is 5. The maximum absolute atomic E-state index is 12.4. The number of benzene rings is 2. The van der Waals surface area contributed by atoms with E-state index in [1.54, 1.807) is 48.1 Å². The fourth-order valence-corrected chi connectivity index (χ4v) is 2.65. The van der Waals surface area contributed by atoms with Crippen molar-refractivity contribution in [3.63, 3.8) is 0 Å². The number of aromatic amines is 1.